The zero-order valence-corrected chi connectivity index (χ0v) is 18.6. The Hall–Kier alpha value is -3.40. The van der Waals surface area contributed by atoms with E-state index in [9.17, 15) is 27.9 Å². The summed E-state index contributed by atoms with van der Waals surface area (Å²) in [6.45, 7) is 1.87. The second kappa shape index (κ2) is 11.1. The van der Waals surface area contributed by atoms with Crippen molar-refractivity contribution in [2.24, 2.45) is 0 Å². The molecule has 0 aliphatic heterocycles. The summed E-state index contributed by atoms with van der Waals surface area (Å²) >= 11 is 0. The van der Waals surface area contributed by atoms with Gasteiger partial charge in [0.15, 0.2) is 5.69 Å². The number of aliphatic hydroxyl groups is 1. The van der Waals surface area contributed by atoms with E-state index in [1.54, 1.807) is 24.3 Å². The van der Waals surface area contributed by atoms with Gasteiger partial charge in [-0.25, -0.2) is 4.68 Å². The molecule has 182 valence electrons. The summed E-state index contributed by atoms with van der Waals surface area (Å²) < 4.78 is 44.9. The van der Waals surface area contributed by atoms with Gasteiger partial charge in [-0.1, -0.05) is 44.0 Å². The van der Waals surface area contributed by atoms with Gasteiger partial charge in [0.2, 0.25) is 0 Å². The fraction of sp³-hybridized carbons (Fsp3) is 0.375. The quantitative estimate of drug-likeness (QED) is 0.434. The number of fused-ring (bicyclic) bond motifs is 1. The van der Waals surface area contributed by atoms with Crippen LogP contribution < -0.4 is 15.6 Å². The van der Waals surface area contributed by atoms with Crippen LogP contribution >= 0.6 is 0 Å². The lowest BCUT2D eigenvalue weighted by molar-refractivity contribution is -0.137. The molecular formula is C24H26F3N3O4. The van der Waals surface area contributed by atoms with Gasteiger partial charge >= 0.3 is 6.18 Å². The van der Waals surface area contributed by atoms with Crippen molar-refractivity contribution in [3.8, 4) is 5.75 Å². The number of carbonyl (C=O) groups excluding carboxylic acids is 1. The lowest BCUT2D eigenvalue weighted by Crippen LogP contribution is -2.37. The standard InChI is InChI=1S/C24H26F3N3O4/c1-2-3-6-12-30-23(33)20-11-5-4-10-19(20)21(29-30)22(32)28-14-17(31)15-34-18-9-7-8-16(13-18)24(25,26)27/h4-5,7-11,13,17,31H,2-3,6,12,14-15H2,1H3,(H,28,32). The fourth-order valence-corrected chi connectivity index (χ4v) is 3.37. The van der Waals surface area contributed by atoms with Gasteiger partial charge in [-0.3, -0.25) is 9.59 Å². The van der Waals surface area contributed by atoms with Crippen molar-refractivity contribution in [3.05, 3.63) is 70.1 Å². The van der Waals surface area contributed by atoms with Gasteiger partial charge in [-0.15, -0.1) is 0 Å². The zero-order chi connectivity index (χ0) is 24.7. The third-order valence-electron chi connectivity index (χ3n) is 5.16. The first kappa shape index (κ1) is 25.2. The Balaban J connectivity index is 1.67. The molecule has 0 radical (unpaired) electrons. The van der Waals surface area contributed by atoms with Crippen LogP contribution in [0, 0.1) is 0 Å². The summed E-state index contributed by atoms with van der Waals surface area (Å²) in [5.41, 5.74) is -1.09. The van der Waals surface area contributed by atoms with Gasteiger partial charge in [-0.05, 0) is 30.7 Å². The molecular weight excluding hydrogens is 451 g/mol. The van der Waals surface area contributed by atoms with E-state index in [1.165, 1.54) is 16.8 Å². The Kier molecular flexibility index (Phi) is 8.27. The van der Waals surface area contributed by atoms with Crippen molar-refractivity contribution in [2.45, 2.75) is 45.0 Å². The van der Waals surface area contributed by atoms with Gasteiger partial charge < -0.3 is 15.2 Å². The highest BCUT2D eigenvalue weighted by molar-refractivity contribution is 6.04. The molecule has 0 saturated heterocycles. The monoisotopic (exact) mass is 477 g/mol. The number of rotatable bonds is 10. The van der Waals surface area contributed by atoms with Crippen LogP contribution in [0.4, 0.5) is 13.2 Å². The van der Waals surface area contributed by atoms with E-state index in [4.69, 9.17) is 4.74 Å². The molecule has 0 bridgehead atoms. The molecule has 0 aliphatic carbocycles. The van der Waals surface area contributed by atoms with Gasteiger partial charge in [-0.2, -0.15) is 18.3 Å². The molecule has 3 aromatic rings. The normalized spacial score (nSPS) is 12.5. The minimum absolute atomic E-state index is 0.0491. The maximum absolute atomic E-state index is 12.8. The number of amides is 1. The predicted molar refractivity (Wildman–Crippen MR) is 121 cm³/mol. The second-order valence-electron chi connectivity index (χ2n) is 7.83. The van der Waals surface area contributed by atoms with Crippen LogP contribution in [0.3, 0.4) is 0 Å². The SMILES string of the molecule is CCCCCn1nc(C(=O)NCC(O)COc2cccc(C(F)(F)F)c2)c2ccccc2c1=O. The molecule has 0 fully saturated rings. The van der Waals surface area contributed by atoms with Crippen LogP contribution in [0.2, 0.25) is 0 Å². The number of nitrogens with zero attached hydrogens (tertiary/aromatic N) is 2. The largest absolute Gasteiger partial charge is 0.491 e. The lowest BCUT2D eigenvalue weighted by atomic mass is 10.1. The maximum atomic E-state index is 12.8. The van der Waals surface area contributed by atoms with Crippen molar-refractivity contribution in [1.29, 1.82) is 0 Å². The minimum atomic E-state index is -4.51. The van der Waals surface area contributed by atoms with Crippen LogP contribution in [0.1, 0.15) is 42.2 Å². The molecule has 1 unspecified atom stereocenters. The molecule has 10 heteroatoms. The molecule has 1 atom stereocenters. The highest BCUT2D eigenvalue weighted by atomic mass is 19.4. The molecule has 0 aliphatic rings. The number of hydrogen-bond donors (Lipinski definition) is 2. The number of nitrogens with one attached hydrogen (secondary N) is 1. The first-order valence-electron chi connectivity index (χ1n) is 11.0. The number of carbonyl (C=O) groups is 1. The Labute approximate surface area is 194 Å². The molecule has 0 spiro atoms. The number of benzene rings is 2. The van der Waals surface area contributed by atoms with E-state index in [1.807, 2.05) is 6.92 Å². The van der Waals surface area contributed by atoms with E-state index < -0.39 is 23.8 Å². The molecule has 3 rings (SSSR count). The first-order valence-corrected chi connectivity index (χ1v) is 11.0. The molecule has 2 N–H and O–H groups in total. The third kappa shape index (κ3) is 6.34. The second-order valence-corrected chi connectivity index (χ2v) is 7.83. The third-order valence-corrected chi connectivity index (χ3v) is 5.16. The van der Waals surface area contributed by atoms with E-state index in [0.29, 0.717) is 17.3 Å². The molecule has 1 amide bonds. The Bertz CT molecular complexity index is 1190. The molecule has 1 aromatic heterocycles. The average molecular weight is 477 g/mol. The number of hydrogen-bond acceptors (Lipinski definition) is 5. The van der Waals surface area contributed by atoms with Crippen molar-refractivity contribution in [2.75, 3.05) is 13.2 Å². The number of aromatic nitrogens is 2. The highest BCUT2D eigenvalue weighted by Crippen LogP contribution is 2.31. The van der Waals surface area contributed by atoms with Crippen LogP contribution in [-0.2, 0) is 12.7 Å². The van der Waals surface area contributed by atoms with E-state index in [0.717, 1.165) is 31.4 Å². The topological polar surface area (TPSA) is 93.5 Å². The summed E-state index contributed by atoms with van der Waals surface area (Å²) in [5.74, 6) is -0.634. The summed E-state index contributed by atoms with van der Waals surface area (Å²) in [7, 11) is 0. The van der Waals surface area contributed by atoms with Crippen molar-refractivity contribution < 1.29 is 27.8 Å². The van der Waals surface area contributed by atoms with Gasteiger partial charge in [0.1, 0.15) is 18.5 Å². The van der Waals surface area contributed by atoms with Crippen LogP contribution in [0.5, 0.6) is 5.75 Å². The summed E-state index contributed by atoms with van der Waals surface area (Å²) in [6.07, 6.45) is -3.06. The summed E-state index contributed by atoms with van der Waals surface area (Å²) in [4.78, 5) is 25.5. The fourth-order valence-electron chi connectivity index (χ4n) is 3.37. The first-order chi connectivity index (χ1) is 16.2. The van der Waals surface area contributed by atoms with E-state index >= 15 is 0 Å². The molecule has 7 nitrogen and oxygen atoms in total. The minimum Gasteiger partial charge on any atom is -0.491 e. The van der Waals surface area contributed by atoms with Crippen molar-refractivity contribution >= 4 is 16.7 Å². The van der Waals surface area contributed by atoms with Crippen molar-refractivity contribution in [3.63, 3.8) is 0 Å². The van der Waals surface area contributed by atoms with Gasteiger partial charge in [0.05, 0.1) is 10.9 Å². The van der Waals surface area contributed by atoms with E-state index in [-0.39, 0.29) is 30.2 Å². The van der Waals surface area contributed by atoms with Crippen molar-refractivity contribution in [1.82, 2.24) is 15.1 Å². The lowest BCUT2D eigenvalue weighted by Gasteiger charge is -2.15. The Morgan fingerprint density at radius 3 is 2.59 bits per heavy atom. The predicted octanol–water partition coefficient (Wildman–Crippen LogP) is 3.78. The zero-order valence-electron chi connectivity index (χ0n) is 18.6. The molecule has 1 heterocycles. The molecule has 0 saturated carbocycles. The number of alkyl halides is 3. The number of aliphatic hydroxyl groups excluding tert-OH is 1. The maximum Gasteiger partial charge on any atom is 0.416 e. The van der Waals surface area contributed by atoms with Crippen LogP contribution in [-0.4, -0.2) is 40.0 Å². The molecule has 34 heavy (non-hydrogen) atoms. The van der Waals surface area contributed by atoms with Gasteiger partial charge in [0, 0.05) is 18.5 Å². The van der Waals surface area contributed by atoms with Crippen LogP contribution in [0.25, 0.3) is 10.8 Å². The number of ether oxygens (including phenoxy) is 1. The number of halogens is 3. The number of aryl methyl sites for hydroxylation is 1. The smallest absolute Gasteiger partial charge is 0.416 e. The average Bonchev–Trinajstić information content (AvgIpc) is 2.82. The Morgan fingerprint density at radius 1 is 1.15 bits per heavy atom. The van der Waals surface area contributed by atoms with E-state index in [2.05, 4.69) is 10.4 Å². The van der Waals surface area contributed by atoms with Crippen LogP contribution in [0.15, 0.2) is 53.3 Å². The summed E-state index contributed by atoms with van der Waals surface area (Å²) in [5, 5.41) is 17.7. The Morgan fingerprint density at radius 2 is 1.88 bits per heavy atom. The molecule has 2 aromatic carbocycles. The number of unbranched alkanes of at least 4 members (excludes halogenated alkanes) is 2. The summed E-state index contributed by atoms with van der Waals surface area (Å²) in [6, 6.07) is 11.0. The van der Waals surface area contributed by atoms with Gasteiger partial charge in [0.25, 0.3) is 11.5 Å². The highest BCUT2D eigenvalue weighted by Gasteiger charge is 2.30.